The number of hydrogen-bond acceptors (Lipinski definition) is 3. The summed E-state index contributed by atoms with van der Waals surface area (Å²) >= 11 is 0. The molecule has 0 saturated heterocycles. The van der Waals surface area contributed by atoms with Gasteiger partial charge in [-0.3, -0.25) is 4.79 Å². The summed E-state index contributed by atoms with van der Waals surface area (Å²) in [6.45, 7) is 8.35. The molecule has 114 valence electrons. The molecule has 21 heavy (non-hydrogen) atoms. The minimum absolute atomic E-state index is 0.00806. The molecule has 3 heteroatoms. The van der Waals surface area contributed by atoms with Crippen LogP contribution < -0.4 is 0 Å². The summed E-state index contributed by atoms with van der Waals surface area (Å²) in [5, 5.41) is 10.7. The Morgan fingerprint density at radius 2 is 2.00 bits per heavy atom. The summed E-state index contributed by atoms with van der Waals surface area (Å²) in [5.41, 5.74) is 4.13. The number of ketones is 1. The number of rotatable bonds is 4. The van der Waals surface area contributed by atoms with Gasteiger partial charge in [0.05, 0.1) is 17.6 Å². The van der Waals surface area contributed by atoms with Gasteiger partial charge in [-0.15, -0.1) is 0 Å². The molecular formula is C18H24O3. The molecule has 0 amide bonds. The van der Waals surface area contributed by atoms with Crippen LogP contribution in [-0.4, -0.2) is 24.6 Å². The molecule has 0 spiro atoms. The van der Waals surface area contributed by atoms with Gasteiger partial charge in [-0.2, -0.15) is 0 Å². The van der Waals surface area contributed by atoms with Crippen molar-refractivity contribution in [1.29, 1.82) is 0 Å². The maximum Gasteiger partial charge on any atom is 0.167 e. The lowest BCUT2D eigenvalue weighted by Crippen LogP contribution is -2.22. The summed E-state index contributed by atoms with van der Waals surface area (Å²) in [4.78, 5) is 12.5. The van der Waals surface area contributed by atoms with Gasteiger partial charge in [0.15, 0.2) is 5.78 Å². The number of aliphatic hydroxyl groups is 1. The van der Waals surface area contributed by atoms with Crippen molar-refractivity contribution in [2.24, 2.45) is 5.41 Å². The second-order valence-electron chi connectivity index (χ2n) is 6.29. The monoisotopic (exact) mass is 288 g/mol. The molecule has 0 aliphatic heterocycles. The van der Waals surface area contributed by atoms with E-state index in [1.165, 1.54) is 5.56 Å². The molecular weight excluding hydrogens is 264 g/mol. The Bertz CT molecular complexity index is 613. The molecule has 1 aromatic rings. The normalized spacial score (nSPS) is 22.2. The highest BCUT2D eigenvalue weighted by Gasteiger charge is 2.43. The van der Waals surface area contributed by atoms with Crippen LogP contribution in [0.4, 0.5) is 0 Å². The molecule has 0 heterocycles. The molecule has 0 radical (unpaired) electrons. The maximum atomic E-state index is 12.5. The number of hydrogen-bond donors (Lipinski definition) is 1. The highest BCUT2D eigenvalue weighted by Crippen LogP contribution is 2.44. The second-order valence-corrected chi connectivity index (χ2v) is 6.29. The van der Waals surface area contributed by atoms with Gasteiger partial charge >= 0.3 is 0 Å². The zero-order chi connectivity index (χ0) is 15.8. The number of ether oxygens (including phenoxy) is 1. The first kappa shape index (κ1) is 15.8. The third kappa shape index (κ3) is 2.62. The third-order valence-electron chi connectivity index (χ3n) is 4.29. The minimum atomic E-state index is -0.608. The number of methoxy groups -OCH3 is 1. The van der Waals surface area contributed by atoms with E-state index in [0.29, 0.717) is 18.6 Å². The quantitative estimate of drug-likeness (QED) is 0.917. The average molecular weight is 288 g/mol. The van der Waals surface area contributed by atoms with Crippen LogP contribution in [-0.2, 0) is 16.0 Å². The highest BCUT2D eigenvalue weighted by molar-refractivity contribution is 6.24. The van der Waals surface area contributed by atoms with Gasteiger partial charge in [-0.05, 0) is 43.9 Å². The van der Waals surface area contributed by atoms with Gasteiger partial charge in [0.2, 0.25) is 0 Å². The summed E-state index contributed by atoms with van der Waals surface area (Å²) in [6.07, 6.45) is 1.14. The van der Waals surface area contributed by atoms with Crippen molar-refractivity contribution in [1.82, 2.24) is 0 Å². The maximum absolute atomic E-state index is 12.5. The average Bonchev–Trinajstić information content (AvgIpc) is 2.61. The Hall–Kier alpha value is -1.61. The molecule has 1 unspecified atom stereocenters. The zero-order valence-corrected chi connectivity index (χ0v) is 13.5. The van der Waals surface area contributed by atoms with Crippen molar-refractivity contribution in [3.8, 4) is 0 Å². The molecule has 1 aliphatic carbocycles. The zero-order valence-electron chi connectivity index (χ0n) is 13.5. The van der Waals surface area contributed by atoms with Crippen LogP contribution in [0.15, 0.2) is 17.9 Å². The van der Waals surface area contributed by atoms with Crippen LogP contribution in [0.5, 0.6) is 0 Å². The highest BCUT2D eigenvalue weighted by atomic mass is 16.5. The number of carbonyl (C=O) groups excluding carboxylic acids is 1. The number of benzene rings is 1. The SMILES string of the molecule is CCc1cc(C)cc(C)c1C1=C(O)C(C)(COC)CC1=O. The molecule has 0 saturated carbocycles. The molecule has 0 fully saturated rings. The number of allylic oxidation sites excluding steroid dienone is 1. The van der Waals surface area contributed by atoms with Crippen LogP contribution in [0.2, 0.25) is 0 Å². The fourth-order valence-corrected chi connectivity index (χ4v) is 3.35. The number of aryl methyl sites for hydroxylation is 3. The predicted molar refractivity (Wildman–Crippen MR) is 84.4 cm³/mol. The van der Waals surface area contributed by atoms with Crippen molar-refractivity contribution >= 4 is 11.4 Å². The fraction of sp³-hybridized carbons (Fsp3) is 0.500. The standard InChI is InChI=1S/C18H24O3/c1-6-13-8-11(2)7-12(3)15(13)16-14(19)9-18(4,10-21-5)17(16)20/h7-8,20H,6,9-10H2,1-5H3. The Morgan fingerprint density at radius 1 is 1.33 bits per heavy atom. The van der Waals surface area contributed by atoms with Gasteiger partial charge in [0.25, 0.3) is 0 Å². The van der Waals surface area contributed by atoms with E-state index in [1.54, 1.807) is 7.11 Å². The lowest BCUT2D eigenvalue weighted by atomic mass is 9.88. The Labute approximate surface area is 126 Å². The summed E-state index contributed by atoms with van der Waals surface area (Å²) < 4.78 is 5.19. The molecule has 3 nitrogen and oxygen atoms in total. The van der Waals surface area contributed by atoms with E-state index in [2.05, 4.69) is 26.0 Å². The van der Waals surface area contributed by atoms with Crippen molar-refractivity contribution < 1.29 is 14.6 Å². The van der Waals surface area contributed by atoms with E-state index in [9.17, 15) is 9.90 Å². The van der Waals surface area contributed by atoms with Crippen molar-refractivity contribution in [2.75, 3.05) is 13.7 Å². The van der Waals surface area contributed by atoms with Crippen LogP contribution >= 0.6 is 0 Å². The first-order valence-electron chi connectivity index (χ1n) is 7.40. The first-order chi connectivity index (χ1) is 9.84. The van der Waals surface area contributed by atoms with Crippen LogP contribution in [0, 0.1) is 19.3 Å². The van der Waals surface area contributed by atoms with E-state index in [1.807, 2.05) is 13.8 Å². The first-order valence-corrected chi connectivity index (χ1v) is 7.40. The number of carbonyl (C=O) groups is 1. The van der Waals surface area contributed by atoms with E-state index in [4.69, 9.17) is 4.74 Å². The molecule has 1 atom stereocenters. The van der Waals surface area contributed by atoms with Crippen LogP contribution in [0.3, 0.4) is 0 Å². The van der Waals surface area contributed by atoms with E-state index in [-0.39, 0.29) is 11.5 Å². The fourth-order valence-electron chi connectivity index (χ4n) is 3.35. The van der Waals surface area contributed by atoms with Crippen molar-refractivity contribution in [3.05, 3.63) is 40.1 Å². The van der Waals surface area contributed by atoms with Gasteiger partial charge in [0, 0.05) is 13.5 Å². The Balaban J connectivity index is 2.66. The summed E-state index contributed by atoms with van der Waals surface area (Å²) in [6, 6.07) is 4.16. The Morgan fingerprint density at radius 3 is 2.57 bits per heavy atom. The van der Waals surface area contributed by atoms with E-state index < -0.39 is 5.41 Å². The lowest BCUT2D eigenvalue weighted by molar-refractivity contribution is -0.114. The Kier molecular flexibility index (Phi) is 4.24. The van der Waals surface area contributed by atoms with Crippen LogP contribution in [0.1, 0.15) is 42.5 Å². The minimum Gasteiger partial charge on any atom is -0.511 e. The summed E-state index contributed by atoms with van der Waals surface area (Å²) in [5.74, 6) is 0.185. The molecule has 1 N–H and O–H groups in total. The summed E-state index contributed by atoms with van der Waals surface area (Å²) in [7, 11) is 1.59. The van der Waals surface area contributed by atoms with Crippen LogP contribution in [0.25, 0.3) is 5.57 Å². The van der Waals surface area contributed by atoms with Crippen molar-refractivity contribution in [2.45, 2.75) is 40.5 Å². The molecule has 1 aromatic carbocycles. The number of Topliss-reactive ketones (excluding diaryl/α,β-unsaturated/α-hetero) is 1. The largest absolute Gasteiger partial charge is 0.511 e. The van der Waals surface area contributed by atoms with Gasteiger partial charge in [-0.25, -0.2) is 0 Å². The molecule has 0 aromatic heterocycles. The predicted octanol–water partition coefficient (Wildman–Crippen LogP) is 3.76. The third-order valence-corrected chi connectivity index (χ3v) is 4.29. The van der Waals surface area contributed by atoms with Crippen molar-refractivity contribution in [3.63, 3.8) is 0 Å². The van der Waals surface area contributed by atoms with E-state index in [0.717, 1.165) is 23.1 Å². The molecule has 0 bridgehead atoms. The lowest BCUT2D eigenvalue weighted by Gasteiger charge is -2.22. The van der Waals surface area contributed by atoms with E-state index >= 15 is 0 Å². The van der Waals surface area contributed by atoms with Gasteiger partial charge < -0.3 is 9.84 Å². The topological polar surface area (TPSA) is 46.5 Å². The number of aliphatic hydroxyl groups excluding tert-OH is 1. The molecule has 1 aliphatic rings. The second kappa shape index (κ2) is 5.64. The van der Waals surface area contributed by atoms with Gasteiger partial charge in [0.1, 0.15) is 5.76 Å². The smallest absolute Gasteiger partial charge is 0.167 e. The molecule has 2 rings (SSSR count). The van der Waals surface area contributed by atoms with Gasteiger partial charge in [-0.1, -0.05) is 24.6 Å².